The summed E-state index contributed by atoms with van der Waals surface area (Å²) in [6.07, 6.45) is 4.97. The summed E-state index contributed by atoms with van der Waals surface area (Å²) >= 11 is 0. The number of allylic oxidation sites excluding steroid dienone is 1. The van der Waals surface area contributed by atoms with Crippen molar-refractivity contribution < 1.29 is 9.53 Å². The Hall–Kier alpha value is -0.790. The molecule has 2 rings (SSSR count). The molecular formula is C9H12O2. The van der Waals surface area contributed by atoms with Gasteiger partial charge in [-0.25, -0.2) is 0 Å². The highest BCUT2D eigenvalue weighted by atomic mass is 16.5. The Morgan fingerprint density at radius 3 is 3.09 bits per heavy atom. The van der Waals surface area contributed by atoms with Gasteiger partial charge in [-0.3, -0.25) is 4.79 Å². The lowest BCUT2D eigenvalue weighted by Gasteiger charge is -2.09. The molecule has 1 aliphatic heterocycles. The summed E-state index contributed by atoms with van der Waals surface area (Å²) in [6, 6.07) is 0. The summed E-state index contributed by atoms with van der Waals surface area (Å²) < 4.78 is 5.13. The number of rotatable bonds is 1. The molecule has 0 amide bonds. The summed E-state index contributed by atoms with van der Waals surface area (Å²) in [5.41, 5.74) is 0. The van der Waals surface area contributed by atoms with Gasteiger partial charge in [-0.15, -0.1) is 6.58 Å². The van der Waals surface area contributed by atoms with Crippen LogP contribution in [-0.2, 0) is 9.53 Å². The van der Waals surface area contributed by atoms with Crippen LogP contribution in [0.4, 0.5) is 0 Å². The van der Waals surface area contributed by atoms with Crippen molar-refractivity contribution in [1.82, 2.24) is 0 Å². The maximum Gasteiger partial charge on any atom is 0.306 e. The first-order valence-electron chi connectivity index (χ1n) is 4.13. The molecule has 2 aliphatic rings. The van der Waals surface area contributed by atoms with Crippen LogP contribution in [0.2, 0.25) is 0 Å². The number of hydrogen-bond acceptors (Lipinski definition) is 2. The second-order valence-electron chi connectivity index (χ2n) is 3.37. The second kappa shape index (κ2) is 2.36. The molecule has 3 atom stereocenters. The number of ether oxygens (including phenoxy) is 1. The quantitative estimate of drug-likeness (QED) is 0.420. The molecule has 0 spiro atoms. The van der Waals surface area contributed by atoms with E-state index in [1.165, 1.54) is 0 Å². The van der Waals surface area contributed by atoms with Crippen molar-refractivity contribution in [3.63, 3.8) is 0 Å². The molecule has 0 aromatic rings. The average molecular weight is 152 g/mol. The topological polar surface area (TPSA) is 26.3 Å². The second-order valence-corrected chi connectivity index (χ2v) is 3.37. The van der Waals surface area contributed by atoms with Gasteiger partial charge in [0.05, 0.1) is 6.42 Å². The van der Waals surface area contributed by atoms with E-state index in [1.807, 2.05) is 6.08 Å². The van der Waals surface area contributed by atoms with Gasteiger partial charge >= 0.3 is 5.97 Å². The van der Waals surface area contributed by atoms with E-state index >= 15 is 0 Å². The maximum absolute atomic E-state index is 10.9. The van der Waals surface area contributed by atoms with Crippen LogP contribution < -0.4 is 0 Å². The van der Waals surface area contributed by atoms with Gasteiger partial charge in [0.15, 0.2) is 0 Å². The van der Waals surface area contributed by atoms with Gasteiger partial charge in [0.1, 0.15) is 6.10 Å². The number of carbonyl (C=O) groups excluding carboxylic acids is 1. The van der Waals surface area contributed by atoms with Crippen molar-refractivity contribution in [3.05, 3.63) is 12.7 Å². The monoisotopic (exact) mass is 152 g/mol. The Kier molecular flexibility index (Phi) is 1.48. The molecule has 2 fully saturated rings. The fraction of sp³-hybridized carbons (Fsp3) is 0.667. The normalized spacial score (nSPS) is 41.8. The van der Waals surface area contributed by atoms with E-state index in [4.69, 9.17) is 4.74 Å². The Bertz CT molecular complexity index is 198. The molecule has 60 valence electrons. The minimum absolute atomic E-state index is 0.0217. The molecule has 2 heteroatoms. The number of fused-ring (bicyclic) bond motifs is 1. The predicted molar refractivity (Wildman–Crippen MR) is 40.9 cm³/mol. The third-order valence-electron chi connectivity index (χ3n) is 2.80. The van der Waals surface area contributed by atoms with Crippen molar-refractivity contribution >= 4 is 5.97 Å². The van der Waals surface area contributed by atoms with Crippen LogP contribution in [0.15, 0.2) is 12.7 Å². The summed E-state index contributed by atoms with van der Waals surface area (Å²) in [5, 5.41) is 0. The molecule has 11 heavy (non-hydrogen) atoms. The Morgan fingerprint density at radius 2 is 2.36 bits per heavy atom. The number of esters is 1. The molecular weight excluding hydrogens is 140 g/mol. The SMILES string of the molecule is C=C[C@@H]1CC[C@@H]2OC(=O)C[C@H]12. The lowest BCUT2D eigenvalue weighted by molar-refractivity contribution is -0.141. The van der Waals surface area contributed by atoms with Crippen molar-refractivity contribution in [2.75, 3.05) is 0 Å². The Labute approximate surface area is 66.2 Å². The van der Waals surface area contributed by atoms with Crippen molar-refractivity contribution in [1.29, 1.82) is 0 Å². The maximum atomic E-state index is 10.9. The van der Waals surface area contributed by atoms with E-state index in [0.29, 0.717) is 18.3 Å². The summed E-state index contributed by atoms with van der Waals surface area (Å²) in [4.78, 5) is 10.9. The molecule has 0 aromatic carbocycles. The van der Waals surface area contributed by atoms with Gasteiger partial charge < -0.3 is 4.74 Å². The smallest absolute Gasteiger partial charge is 0.306 e. The van der Waals surface area contributed by atoms with Crippen LogP contribution >= 0.6 is 0 Å². The van der Waals surface area contributed by atoms with Crippen LogP contribution in [0.3, 0.4) is 0 Å². The largest absolute Gasteiger partial charge is 0.462 e. The highest BCUT2D eigenvalue weighted by molar-refractivity contribution is 5.72. The first kappa shape index (κ1) is 6.89. The van der Waals surface area contributed by atoms with Gasteiger partial charge in [0.2, 0.25) is 0 Å². The van der Waals surface area contributed by atoms with Crippen LogP contribution in [0, 0.1) is 11.8 Å². The fourth-order valence-corrected chi connectivity index (χ4v) is 2.19. The highest BCUT2D eigenvalue weighted by Crippen LogP contribution is 2.41. The minimum Gasteiger partial charge on any atom is -0.462 e. The lowest BCUT2D eigenvalue weighted by atomic mass is 9.94. The Balaban J connectivity index is 2.12. The summed E-state index contributed by atoms with van der Waals surface area (Å²) in [6.45, 7) is 3.76. The molecule has 1 aliphatic carbocycles. The van der Waals surface area contributed by atoms with Crippen LogP contribution in [0.5, 0.6) is 0 Å². The van der Waals surface area contributed by atoms with Crippen molar-refractivity contribution in [2.45, 2.75) is 25.4 Å². The van der Waals surface area contributed by atoms with Gasteiger partial charge in [0.25, 0.3) is 0 Å². The van der Waals surface area contributed by atoms with Gasteiger partial charge in [-0.1, -0.05) is 6.08 Å². The average Bonchev–Trinajstić information content (AvgIpc) is 2.45. The zero-order chi connectivity index (χ0) is 7.84. The van der Waals surface area contributed by atoms with E-state index in [2.05, 4.69) is 6.58 Å². The molecule has 1 heterocycles. The van der Waals surface area contributed by atoms with Gasteiger partial charge in [0, 0.05) is 5.92 Å². The van der Waals surface area contributed by atoms with E-state index in [1.54, 1.807) is 0 Å². The lowest BCUT2D eigenvalue weighted by Crippen LogP contribution is -2.11. The van der Waals surface area contributed by atoms with Gasteiger partial charge in [-0.2, -0.15) is 0 Å². The standard InChI is InChI=1S/C9H12O2/c1-2-6-3-4-8-7(6)5-9(10)11-8/h2,6-8H,1,3-5H2/t6-,7-,8+/m1/s1. The first-order chi connectivity index (χ1) is 5.31. The van der Waals surface area contributed by atoms with Crippen molar-refractivity contribution in [3.8, 4) is 0 Å². The number of carbonyl (C=O) groups is 1. The van der Waals surface area contributed by atoms with Crippen LogP contribution in [0.1, 0.15) is 19.3 Å². The zero-order valence-corrected chi connectivity index (χ0v) is 6.45. The summed E-state index contributed by atoms with van der Waals surface area (Å²) in [7, 11) is 0. The molecule has 1 saturated heterocycles. The zero-order valence-electron chi connectivity index (χ0n) is 6.45. The van der Waals surface area contributed by atoms with Crippen molar-refractivity contribution in [2.24, 2.45) is 11.8 Å². The predicted octanol–water partition coefficient (Wildman–Crippen LogP) is 1.51. The molecule has 0 radical (unpaired) electrons. The molecule has 0 bridgehead atoms. The van der Waals surface area contributed by atoms with E-state index in [-0.39, 0.29) is 12.1 Å². The molecule has 0 aromatic heterocycles. The Morgan fingerprint density at radius 1 is 1.55 bits per heavy atom. The van der Waals surface area contributed by atoms with E-state index < -0.39 is 0 Å². The molecule has 1 saturated carbocycles. The molecule has 0 unspecified atom stereocenters. The third-order valence-corrected chi connectivity index (χ3v) is 2.80. The fourth-order valence-electron chi connectivity index (χ4n) is 2.19. The minimum atomic E-state index is -0.0217. The van der Waals surface area contributed by atoms with Gasteiger partial charge in [-0.05, 0) is 18.8 Å². The highest BCUT2D eigenvalue weighted by Gasteiger charge is 2.43. The molecule has 2 nitrogen and oxygen atoms in total. The third kappa shape index (κ3) is 0.971. The van der Waals surface area contributed by atoms with Crippen LogP contribution in [0.25, 0.3) is 0 Å². The summed E-state index contributed by atoms with van der Waals surface area (Å²) in [5.74, 6) is 0.943. The van der Waals surface area contributed by atoms with Crippen LogP contribution in [-0.4, -0.2) is 12.1 Å². The number of hydrogen-bond donors (Lipinski definition) is 0. The first-order valence-corrected chi connectivity index (χ1v) is 4.13. The molecule has 0 N–H and O–H groups in total. The van der Waals surface area contributed by atoms with E-state index in [9.17, 15) is 4.79 Å². The van der Waals surface area contributed by atoms with E-state index in [0.717, 1.165) is 12.8 Å².